The third-order valence-electron chi connectivity index (χ3n) is 2.89. The number of ether oxygens (including phenoxy) is 1. The van der Waals surface area contributed by atoms with Crippen LogP contribution in [-0.4, -0.2) is 29.2 Å². The van der Waals surface area contributed by atoms with E-state index >= 15 is 0 Å². The lowest BCUT2D eigenvalue weighted by molar-refractivity contribution is -0.140. The SMILES string of the molecule is COc1ccc(CNC(C(=O)O)C2CC2)cn1. The van der Waals surface area contributed by atoms with Crippen molar-refractivity contribution in [3.63, 3.8) is 0 Å². The van der Waals surface area contributed by atoms with E-state index < -0.39 is 12.0 Å². The van der Waals surface area contributed by atoms with Crippen molar-refractivity contribution in [2.24, 2.45) is 5.92 Å². The topological polar surface area (TPSA) is 71.5 Å². The molecule has 1 aliphatic carbocycles. The number of carboxylic acids is 1. The summed E-state index contributed by atoms with van der Waals surface area (Å²) in [4.78, 5) is 15.1. The number of carboxylic acid groups (broad SMARTS) is 1. The van der Waals surface area contributed by atoms with Crippen LogP contribution in [0.25, 0.3) is 0 Å². The van der Waals surface area contributed by atoms with Gasteiger partial charge in [-0.1, -0.05) is 6.07 Å². The maximum atomic E-state index is 11.0. The molecule has 5 nitrogen and oxygen atoms in total. The number of hydrogen-bond donors (Lipinski definition) is 2. The minimum Gasteiger partial charge on any atom is -0.481 e. The molecular weight excluding hydrogens is 220 g/mol. The van der Waals surface area contributed by atoms with E-state index in [1.807, 2.05) is 6.07 Å². The van der Waals surface area contributed by atoms with E-state index in [1.54, 1.807) is 19.4 Å². The lowest BCUT2D eigenvalue weighted by Gasteiger charge is -2.13. The van der Waals surface area contributed by atoms with E-state index in [9.17, 15) is 4.79 Å². The molecule has 0 saturated heterocycles. The molecule has 0 spiro atoms. The number of nitrogens with one attached hydrogen (secondary N) is 1. The fourth-order valence-electron chi connectivity index (χ4n) is 1.75. The molecule has 0 radical (unpaired) electrons. The molecule has 92 valence electrons. The van der Waals surface area contributed by atoms with Crippen LogP contribution in [0.3, 0.4) is 0 Å². The molecule has 2 N–H and O–H groups in total. The molecule has 1 aliphatic rings. The molecule has 0 aliphatic heterocycles. The number of aromatic nitrogens is 1. The van der Waals surface area contributed by atoms with E-state index in [2.05, 4.69) is 10.3 Å². The van der Waals surface area contributed by atoms with Gasteiger partial charge < -0.3 is 15.2 Å². The van der Waals surface area contributed by atoms with Gasteiger partial charge in [0.15, 0.2) is 0 Å². The number of hydrogen-bond acceptors (Lipinski definition) is 4. The minimum absolute atomic E-state index is 0.290. The van der Waals surface area contributed by atoms with E-state index in [0.717, 1.165) is 18.4 Å². The molecule has 1 fully saturated rings. The van der Waals surface area contributed by atoms with Gasteiger partial charge in [-0.3, -0.25) is 4.79 Å². The van der Waals surface area contributed by atoms with Gasteiger partial charge in [0.1, 0.15) is 6.04 Å². The molecule has 17 heavy (non-hydrogen) atoms. The highest BCUT2D eigenvalue weighted by Gasteiger charge is 2.35. The summed E-state index contributed by atoms with van der Waals surface area (Å²) in [6.45, 7) is 0.518. The van der Waals surface area contributed by atoms with Crippen molar-refractivity contribution in [2.45, 2.75) is 25.4 Å². The van der Waals surface area contributed by atoms with E-state index in [-0.39, 0.29) is 0 Å². The molecule has 1 heterocycles. The Labute approximate surface area is 99.8 Å². The molecule has 0 amide bonds. The highest BCUT2D eigenvalue weighted by Crippen LogP contribution is 2.32. The van der Waals surface area contributed by atoms with Crippen LogP contribution < -0.4 is 10.1 Å². The standard InChI is InChI=1S/C12H16N2O3/c1-17-10-5-2-8(6-13-10)7-14-11(12(15)16)9-3-4-9/h2,5-6,9,11,14H,3-4,7H2,1H3,(H,15,16). The van der Waals surface area contributed by atoms with Crippen molar-refractivity contribution < 1.29 is 14.6 Å². The summed E-state index contributed by atoms with van der Waals surface area (Å²) < 4.78 is 4.96. The van der Waals surface area contributed by atoms with Gasteiger partial charge in [0, 0.05) is 18.8 Å². The summed E-state index contributed by atoms with van der Waals surface area (Å²) >= 11 is 0. The summed E-state index contributed by atoms with van der Waals surface area (Å²) in [5.74, 6) is 0.0819. The van der Waals surface area contributed by atoms with Gasteiger partial charge in [0.2, 0.25) is 5.88 Å². The van der Waals surface area contributed by atoms with Gasteiger partial charge in [0.25, 0.3) is 0 Å². The molecule has 1 aromatic heterocycles. The van der Waals surface area contributed by atoms with E-state index in [0.29, 0.717) is 18.3 Å². The molecule has 0 aromatic carbocycles. The van der Waals surface area contributed by atoms with Crippen LogP contribution in [0.15, 0.2) is 18.3 Å². The molecule has 1 saturated carbocycles. The summed E-state index contributed by atoms with van der Waals surface area (Å²) in [6, 6.07) is 3.21. The number of pyridine rings is 1. The van der Waals surface area contributed by atoms with Crippen molar-refractivity contribution in [3.05, 3.63) is 23.9 Å². The van der Waals surface area contributed by atoms with E-state index in [4.69, 9.17) is 9.84 Å². The fraction of sp³-hybridized carbons (Fsp3) is 0.500. The maximum absolute atomic E-state index is 11.0. The molecule has 1 atom stereocenters. The zero-order chi connectivity index (χ0) is 12.3. The van der Waals surface area contributed by atoms with Crippen LogP contribution in [-0.2, 0) is 11.3 Å². The van der Waals surface area contributed by atoms with Gasteiger partial charge in [-0.25, -0.2) is 4.98 Å². The normalized spacial score (nSPS) is 16.5. The lowest BCUT2D eigenvalue weighted by Crippen LogP contribution is -2.38. The summed E-state index contributed by atoms with van der Waals surface area (Å²) in [5, 5.41) is 12.1. The maximum Gasteiger partial charge on any atom is 0.320 e. The van der Waals surface area contributed by atoms with Crippen molar-refractivity contribution in [1.82, 2.24) is 10.3 Å². The highest BCUT2D eigenvalue weighted by molar-refractivity contribution is 5.74. The van der Waals surface area contributed by atoms with Gasteiger partial charge >= 0.3 is 5.97 Å². The molecule has 5 heteroatoms. The minimum atomic E-state index is -0.769. The predicted octanol–water partition coefficient (Wildman–Crippen LogP) is 1.04. The molecule has 2 rings (SSSR count). The van der Waals surface area contributed by atoms with Crippen LogP contribution in [0.1, 0.15) is 18.4 Å². The summed E-state index contributed by atoms with van der Waals surface area (Å²) in [7, 11) is 1.56. The Balaban J connectivity index is 1.89. The predicted molar refractivity (Wildman–Crippen MR) is 61.8 cm³/mol. The number of carbonyl (C=O) groups is 1. The van der Waals surface area contributed by atoms with Gasteiger partial charge in [-0.2, -0.15) is 0 Å². The Hall–Kier alpha value is -1.62. The molecular formula is C12H16N2O3. The fourth-order valence-corrected chi connectivity index (χ4v) is 1.75. The van der Waals surface area contributed by atoms with Crippen molar-refractivity contribution >= 4 is 5.97 Å². The highest BCUT2D eigenvalue weighted by atomic mass is 16.5. The number of methoxy groups -OCH3 is 1. The number of nitrogens with zero attached hydrogens (tertiary/aromatic N) is 1. The summed E-state index contributed by atoms with van der Waals surface area (Å²) in [5.41, 5.74) is 0.956. The van der Waals surface area contributed by atoms with Gasteiger partial charge in [0.05, 0.1) is 7.11 Å². The zero-order valence-corrected chi connectivity index (χ0v) is 9.72. The first kappa shape index (κ1) is 11.9. The first-order valence-electron chi connectivity index (χ1n) is 5.66. The van der Waals surface area contributed by atoms with Crippen LogP contribution in [0, 0.1) is 5.92 Å². The first-order chi connectivity index (χ1) is 8.20. The Morgan fingerprint density at radius 3 is 2.88 bits per heavy atom. The molecule has 0 bridgehead atoms. The lowest BCUT2D eigenvalue weighted by atomic mass is 10.1. The van der Waals surface area contributed by atoms with Crippen LogP contribution in [0.2, 0.25) is 0 Å². The van der Waals surface area contributed by atoms with Crippen LogP contribution in [0.4, 0.5) is 0 Å². The van der Waals surface area contributed by atoms with Crippen LogP contribution >= 0.6 is 0 Å². The molecule has 1 unspecified atom stereocenters. The van der Waals surface area contributed by atoms with Gasteiger partial charge in [-0.15, -0.1) is 0 Å². The third-order valence-corrected chi connectivity index (χ3v) is 2.89. The van der Waals surface area contributed by atoms with Crippen molar-refractivity contribution in [1.29, 1.82) is 0 Å². The molecule has 1 aromatic rings. The average molecular weight is 236 g/mol. The second-order valence-corrected chi connectivity index (χ2v) is 4.24. The average Bonchev–Trinajstić information content (AvgIpc) is 3.14. The number of aliphatic carboxylic acids is 1. The second-order valence-electron chi connectivity index (χ2n) is 4.24. The smallest absolute Gasteiger partial charge is 0.320 e. The number of rotatable bonds is 6. The largest absolute Gasteiger partial charge is 0.481 e. The Bertz CT molecular complexity index is 387. The second kappa shape index (κ2) is 5.14. The van der Waals surface area contributed by atoms with Crippen molar-refractivity contribution in [3.8, 4) is 5.88 Å². The monoisotopic (exact) mass is 236 g/mol. The Morgan fingerprint density at radius 1 is 1.65 bits per heavy atom. The Morgan fingerprint density at radius 2 is 2.41 bits per heavy atom. The first-order valence-corrected chi connectivity index (χ1v) is 5.66. The quantitative estimate of drug-likeness (QED) is 0.772. The van der Waals surface area contributed by atoms with Crippen molar-refractivity contribution in [2.75, 3.05) is 7.11 Å². The third kappa shape index (κ3) is 3.17. The Kier molecular flexibility index (Phi) is 3.58. The summed E-state index contributed by atoms with van der Waals surface area (Å²) in [6.07, 6.45) is 3.70. The zero-order valence-electron chi connectivity index (χ0n) is 9.72. The van der Waals surface area contributed by atoms with Crippen LogP contribution in [0.5, 0.6) is 5.88 Å². The van der Waals surface area contributed by atoms with E-state index in [1.165, 1.54) is 0 Å². The van der Waals surface area contributed by atoms with Gasteiger partial charge in [-0.05, 0) is 24.3 Å².